The topological polar surface area (TPSA) is 60.4 Å². The second kappa shape index (κ2) is 5.30. The van der Waals surface area contributed by atoms with Gasteiger partial charge in [-0.1, -0.05) is 6.08 Å². The quantitative estimate of drug-likeness (QED) is 0.511. The summed E-state index contributed by atoms with van der Waals surface area (Å²) >= 11 is 0. The van der Waals surface area contributed by atoms with E-state index in [1.165, 1.54) is 6.08 Å². The van der Waals surface area contributed by atoms with Crippen molar-refractivity contribution >= 4 is 15.8 Å². The Balaban J connectivity index is 4.58. The minimum Gasteiger partial charge on any atom is -0.465 e. The fourth-order valence-corrected chi connectivity index (χ4v) is 1.78. The zero-order valence-corrected chi connectivity index (χ0v) is 10.3. The molecule has 0 aliphatic heterocycles. The first-order valence-corrected chi connectivity index (χ1v) is 6.80. The van der Waals surface area contributed by atoms with Crippen LogP contribution in [-0.2, 0) is 19.4 Å². The Morgan fingerprint density at radius 3 is 2.40 bits per heavy atom. The molecule has 0 fully saturated rings. The van der Waals surface area contributed by atoms with Crippen LogP contribution in [0.2, 0.25) is 0 Å². The van der Waals surface area contributed by atoms with Crippen LogP contribution in [0.3, 0.4) is 0 Å². The normalized spacial score (nSPS) is 15.4. The van der Waals surface area contributed by atoms with Crippen molar-refractivity contribution in [3.05, 3.63) is 12.7 Å². The molecule has 4 nitrogen and oxygen atoms in total. The number of sulfone groups is 1. The van der Waals surface area contributed by atoms with Crippen LogP contribution in [0.4, 0.5) is 0 Å². The Morgan fingerprint density at radius 1 is 1.53 bits per heavy atom. The van der Waals surface area contributed by atoms with Gasteiger partial charge in [-0.25, -0.2) is 8.42 Å². The fraction of sp³-hybridized carbons (Fsp3) is 0.700. The van der Waals surface area contributed by atoms with Gasteiger partial charge in [0, 0.05) is 6.26 Å². The molecule has 0 heterocycles. The minimum absolute atomic E-state index is 0.0473. The maximum absolute atomic E-state index is 11.5. The lowest BCUT2D eigenvalue weighted by Crippen LogP contribution is -2.30. The van der Waals surface area contributed by atoms with E-state index in [0.717, 1.165) is 6.26 Å². The molecular formula is C10H18O4S. The molecule has 0 aromatic carbocycles. The maximum atomic E-state index is 11.5. The van der Waals surface area contributed by atoms with E-state index in [4.69, 9.17) is 4.74 Å². The van der Waals surface area contributed by atoms with Gasteiger partial charge in [-0.15, -0.1) is 6.58 Å². The molecule has 0 aromatic rings. The van der Waals surface area contributed by atoms with Crippen molar-refractivity contribution in [2.45, 2.75) is 20.3 Å². The highest BCUT2D eigenvalue weighted by molar-refractivity contribution is 7.90. The average molecular weight is 234 g/mol. The molecule has 0 rings (SSSR count). The summed E-state index contributed by atoms with van der Waals surface area (Å²) in [7, 11) is -3.07. The van der Waals surface area contributed by atoms with Crippen molar-refractivity contribution in [3.63, 3.8) is 0 Å². The van der Waals surface area contributed by atoms with E-state index in [-0.39, 0.29) is 18.8 Å². The zero-order valence-electron chi connectivity index (χ0n) is 9.45. The number of rotatable bonds is 6. The molecule has 0 saturated carbocycles. The van der Waals surface area contributed by atoms with Crippen LogP contribution >= 0.6 is 0 Å². The second-order valence-corrected chi connectivity index (χ2v) is 5.98. The van der Waals surface area contributed by atoms with E-state index in [0.29, 0.717) is 0 Å². The second-order valence-electron chi connectivity index (χ2n) is 3.72. The van der Waals surface area contributed by atoms with Gasteiger partial charge in [-0.3, -0.25) is 4.79 Å². The summed E-state index contributed by atoms with van der Waals surface area (Å²) in [4.78, 5) is 11.5. The standard InChI is InChI=1S/C10H18O4S/c1-5-10(3,9(11)14-6-2)7-8-15(4,12)13/h5H,1,6-8H2,2-4H3. The van der Waals surface area contributed by atoms with E-state index in [1.807, 2.05) is 0 Å². The molecule has 15 heavy (non-hydrogen) atoms. The number of hydrogen-bond donors (Lipinski definition) is 0. The van der Waals surface area contributed by atoms with Gasteiger partial charge >= 0.3 is 5.97 Å². The molecule has 5 heteroatoms. The number of esters is 1. The first-order chi connectivity index (χ1) is 6.75. The number of carbonyl (C=O) groups is 1. The molecule has 0 saturated heterocycles. The summed E-state index contributed by atoms with van der Waals surface area (Å²) < 4.78 is 26.8. The van der Waals surface area contributed by atoms with Crippen LogP contribution in [0.5, 0.6) is 0 Å². The summed E-state index contributed by atoms with van der Waals surface area (Å²) in [5.74, 6) is -0.474. The Hall–Kier alpha value is -0.840. The van der Waals surface area contributed by atoms with Crippen molar-refractivity contribution < 1.29 is 17.9 Å². The Kier molecular flexibility index (Phi) is 5.00. The lowest BCUT2D eigenvalue weighted by atomic mass is 9.88. The highest BCUT2D eigenvalue weighted by Gasteiger charge is 2.32. The van der Waals surface area contributed by atoms with Gasteiger partial charge < -0.3 is 4.74 Å². The van der Waals surface area contributed by atoms with Crippen molar-refractivity contribution in [1.29, 1.82) is 0 Å². The van der Waals surface area contributed by atoms with E-state index in [9.17, 15) is 13.2 Å². The van der Waals surface area contributed by atoms with Crippen molar-refractivity contribution in [2.75, 3.05) is 18.6 Å². The summed E-state index contributed by atoms with van der Waals surface area (Å²) in [6.07, 6.45) is 2.78. The molecular weight excluding hydrogens is 216 g/mol. The van der Waals surface area contributed by atoms with Crippen LogP contribution < -0.4 is 0 Å². The zero-order chi connectivity index (χ0) is 12.1. The Morgan fingerprint density at radius 2 is 2.07 bits per heavy atom. The molecule has 1 unspecified atom stereocenters. The first-order valence-electron chi connectivity index (χ1n) is 4.73. The van der Waals surface area contributed by atoms with Crippen molar-refractivity contribution in [2.24, 2.45) is 5.41 Å². The van der Waals surface area contributed by atoms with Crippen LogP contribution in [0.25, 0.3) is 0 Å². The molecule has 0 N–H and O–H groups in total. The third-order valence-corrected chi connectivity index (χ3v) is 3.13. The van der Waals surface area contributed by atoms with Gasteiger partial charge in [-0.05, 0) is 20.3 Å². The predicted molar refractivity (Wildman–Crippen MR) is 59.3 cm³/mol. The highest BCUT2D eigenvalue weighted by atomic mass is 32.2. The largest absolute Gasteiger partial charge is 0.465 e. The molecule has 0 aliphatic carbocycles. The lowest BCUT2D eigenvalue weighted by molar-refractivity contribution is -0.151. The fourth-order valence-electron chi connectivity index (χ4n) is 0.981. The van der Waals surface area contributed by atoms with Crippen LogP contribution in [0.15, 0.2) is 12.7 Å². The van der Waals surface area contributed by atoms with Gasteiger partial charge in [0.1, 0.15) is 9.84 Å². The SMILES string of the molecule is C=CC(C)(CCS(C)(=O)=O)C(=O)OCC. The Labute approximate surface area is 91.2 Å². The smallest absolute Gasteiger partial charge is 0.315 e. The number of carbonyl (C=O) groups excluding carboxylic acids is 1. The van der Waals surface area contributed by atoms with Gasteiger partial charge in [0.2, 0.25) is 0 Å². The number of hydrogen-bond acceptors (Lipinski definition) is 4. The van der Waals surface area contributed by atoms with E-state index in [2.05, 4.69) is 6.58 Å². The Bertz CT molecular complexity index is 331. The van der Waals surface area contributed by atoms with Gasteiger partial charge in [0.15, 0.2) is 0 Å². The van der Waals surface area contributed by atoms with Crippen LogP contribution in [-0.4, -0.2) is 33.0 Å². The van der Waals surface area contributed by atoms with Crippen molar-refractivity contribution in [1.82, 2.24) is 0 Å². The molecule has 0 aromatic heterocycles. The summed E-state index contributed by atoms with van der Waals surface area (Å²) in [5, 5.41) is 0. The first kappa shape index (κ1) is 14.2. The van der Waals surface area contributed by atoms with E-state index >= 15 is 0 Å². The van der Waals surface area contributed by atoms with Crippen LogP contribution in [0.1, 0.15) is 20.3 Å². The predicted octanol–water partition coefficient (Wildman–Crippen LogP) is 1.18. The lowest BCUT2D eigenvalue weighted by Gasteiger charge is -2.22. The molecule has 0 radical (unpaired) electrons. The summed E-state index contributed by atoms with van der Waals surface area (Å²) in [5.41, 5.74) is -0.918. The third kappa shape index (κ3) is 4.97. The van der Waals surface area contributed by atoms with Crippen LogP contribution in [0, 0.1) is 5.41 Å². The van der Waals surface area contributed by atoms with Crippen molar-refractivity contribution in [3.8, 4) is 0 Å². The number of ether oxygens (including phenoxy) is 1. The molecule has 0 aliphatic rings. The maximum Gasteiger partial charge on any atom is 0.315 e. The minimum atomic E-state index is -3.07. The molecule has 88 valence electrons. The van der Waals surface area contributed by atoms with Gasteiger partial charge in [0.05, 0.1) is 17.8 Å². The van der Waals surface area contributed by atoms with E-state index in [1.54, 1.807) is 13.8 Å². The third-order valence-electron chi connectivity index (χ3n) is 2.18. The molecule has 0 spiro atoms. The van der Waals surface area contributed by atoms with Gasteiger partial charge in [0.25, 0.3) is 0 Å². The molecule has 1 atom stereocenters. The monoisotopic (exact) mass is 234 g/mol. The molecule has 0 bridgehead atoms. The molecule has 0 amide bonds. The highest BCUT2D eigenvalue weighted by Crippen LogP contribution is 2.25. The summed E-state index contributed by atoms with van der Waals surface area (Å²) in [6.45, 7) is 7.15. The average Bonchev–Trinajstić information content (AvgIpc) is 2.13. The summed E-state index contributed by atoms with van der Waals surface area (Å²) in [6, 6.07) is 0. The van der Waals surface area contributed by atoms with Gasteiger partial charge in [-0.2, -0.15) is 0 Å². The van der Waals surface area contributed by atoms with E-state index < -0.39 is 21.2 Å².